The Hall–Kier alpha value is -1.17. The van der Waals surface area contributed by atoms with Gasteiger partial charge in [-0.2, -0.15) is 0 Å². The van der Waals surface area contributed by atoms with Crippen molar-refractivity contribution in [1.29, 1.82) is 0 Å². The molecule has 0 bridgehead atoms. The zero-order valence-electron chi connectivity index (χ0n) is 11.5. The molecule has 2 rings (SSSR count). The van der Waals surface area contributed by atoms with Crippen LogP contribution in [-0.2, 0) is 9.84 Å². The van der Waals surface area contributed by atoms with Crippen molar-refractivity contribution in [2.45, 2.75) is 18.6 Å². The van der Waals surface area contributed by atoms with E-state index in [0.717, 1.165) is 5.56 Å². The standard InChI is InChI=1S/C15H21NO3S/c1-2-9-16(14-8-10-20(18,19)12-14)11-15(17)13-6-4-3-5-7-13/h2-7,14-15,17H,1,8-12H2. The zero-order chi connectivity index (χ0) is 14.6. The molecular weight excluding hydrogens is 274 g/mol. The van der Waals surface area contributed by atoms with Crippen LogP contribution in [-0.4, -0.2) is 49.1 Å². The molecule has 110 valence electrons. The smallest absolute Gasteiger partial charge is 0.151 e. The fourth-order valence-corrected chi connectivity index (χ4v) is 4.37. The van der Waals surface area contributed by atoms with E-state index in [1.165, 1.54) is 0 Å². The highest BCUT2D eigenvalue weighted by atomic mass is 32.2. The van der Waals surface area contributed by atoms with Crippen LogP contribution in [0.25, 0.3) is 0 Å². The Kier molecular flexibility index (Phi) is 4.96. The summed E-state index contributed by atoms with van der Waals surface area (Å²) in [7, 11) is -2.92. The highest BCUT2D eigenvalue weighted by molar-refractivity contribution is 7.91. The lowest BCUT2D eigenvalue weighted by molar-refractivity contribution is 0.100. The molecule has 0 saturated carbocycles. The van der Waals surface area contributed by atoms with Crippen LogP contribution in [0, 0.1) is 0 Å². The number of aliphatic hydroxyl groups is 1. The second-order valence-corrected chi connectivity index (χ2v) is 7.45. The molecule has 0 aliphatic carbocycles. The predicted octanol–water partition coefficient (Wildman–Crippen LogP) is 1.40. The number of hydrogen-bond acceptors (Lipinski definition) is 4. The third kappa shape index (κ3) is 3.91. The summed E-state index contributed by atoms with van der Waals surface area (Å²) < 4.78 is 23.2. The van der Waals surface area contributed by atoms with Crippen LogP contribution in [0.5, 0.6) is 0 Å². The van der Waals surface area contributed by atoms with Crippen molar-refractivity contribution in [3.63, 3.8) is 0 Å². The molecule has 1 N–H and O–H groups in total. The number of hydrogen-bond donors (Lipinski definition) is 1. The molecule has 0 aromatic heterocycles. The molecule has 0 radical (unpaired) electrons. The Morgan fingerprint density at radius 3 is 2.65 bits per heavy atom. The number of benzene rings is 1. The van der Waals surface area contributed by atoms with Crippen LogP contribution in [0.15, 0.2) is 43.0 Å². The Morgan fingerprint density at radius 1 is 1.40 bits per heavy atom. The van der Waals surface area contributed by atoms with Crippen LogP contribution in [0.2, 0.25) is 0 Å². The van der Waals surface area contributed by atoms with E-state index in [0.29, 0.717) is 19.5 Å². The maximum absolute atomic E-state index is 11.6. The van der Waals surface area contributed by atoms with Crippen LogP contribution < -0.4 is 0 Å². The van der Waals surface area contributed by atoms with Gasteiger partial charge in [0.15, 0.2) is 9.84 Å². The highest BCUT2D eigenvalue weighted by Gasteiger charge is 2.32. The molecule has 5 heteroatoms. The van der Waals surface area contributed by atoms with Gasteiger partial charge >= 0.3 is 0 Å². The quantitative estimate of drug-likeness (QED) is 0.806. The van der Waals surface area contributed by atoms with Crippen molar-refractivity contribution in [1.82, 2.24) is 4.90 Å². The first kappa shape index (κ1) is 15.2. The number of sulfone groups is 1. The van der Waals surface area contributed by atoms with Gasteiger partial charge in [-0.05, 0) is 12.0 Å². The first-order valence-corrected chi connectivity index (χ1v) is 8.62. The second-order valence-electron chi connectivity index (χ2n) is 5.23. The molecule has 20 heavy (non-hydrogen) atoms. The van der Waals surface area contributed by atoms with Gasteiger partial charge in [-0.1, -0.05) is 36.4 Å². The predicted molar refractivity (Wildman–Crippen MR) is 80.2 cm³/mol. The minimum absolute atomic E-state index is 0.0173. The summed E-state index contributed by atoms with van der Waals surface area (Å²) in [5, 5.41) is 10.3. The minimum atomic E-state index is -2.92. The fraction of sp³-hybridized carbons (Fsp3) is 0.467. The summed E-state index contributed by atoms with van der Waals surface area (Å²) in [6.07, 6.45) is 1.78. The highest BCUT2D eigenvalue weighted by Crippen LogP contribution is 2.21. The molecule has 1 heterocycles. The van der Waals surface area contributed by atoms with Gasteiger partial charge in [0.2, 0.25) is 0 Å². The minimum Gasteiger partial charge on any atom is -0.387 e. The normalized spacial score (nSPS) is 22.8. The molecular formula is C15H21NO3S. The average Bonchev–Trinajstić information content (AvgIpc) is 2.79. The van der Waals surface area contributed by atoms with Gasteiger partial charge in [0.05, 0.1) is 17.6 Å². The maximum Gasteiger partial charge on any atom is 0.151 e. The van der Waals surface area contributed by atoms with E-state index in [4.69, 9.17) is 0 Å². The Bertz CT molecular complexity index is 541. The summed E-state index contributed by atoms with van der Waals surface area (Å²) in [6, 6.07) is 9.41. The lowest BCUT2D eigenvalue weighted by atomic mass is 10.1. The lowest BCUT2D eigenvalue weighted by Gasteiger charge is -2.29. The van der Waals surface area contributed by atoms with Crippen LogP contribution >= 0.6 is 0 Å². The number of aliphatic hydroxyl groups excluding tert-OH is 1. The van der Waals surface area contributed by atoms with Gasteiger partial charge in [0.25, 0.3) is 0 Å². The Balaban J connectivity index is 2.04. The summed E-state index contributed by atoms with van der Waals surface area (Å²) in [5.41, 5.74) is 0.849. The van der Waals surface area contributed by atoms with E-state index in [-0.39, 0.29) is 17.5 Å². The van der Waals surface area contributed by atoms with E-state index in [2.05, 4.69) is 6.58 Å². The van der Waals surface area contributed by atoms with E-state index >= 15 is 0 Å². The van der Waals surface area contributed by atoms with Gasteiger partial charge in [0.1, 0.15) is 0 Å². The van der Waals surface area contributed by atoms with Crippen molar-refractivity contribution >= 4 is 9.84 Å². The summed E-state index contributed by atoms with van der Waals surface area (Å²) in [4.78, 5) is 2.01. The molecule has 0 spiro atoms. The fourth-order valence-electron chi connectivity index (χ4n) is 2.60. The van der Waals surface area contributed by atoms with Gasteiger partial charge in [-0.25, -0.2) is 8.42 Å². The third-order valence-electron chi connectivity index (χ3n) is 3.68. The van der Waals surface area contributed by atoms with Gasteiger partial charge in [-0.3, -0.25) is 4.90 Å². The zero-order valence-corrected chi connectivity index (χ0v) is 12.3. The summed E-state index contributed by atoms with van der Waals surface area (Å²) in [5.74, 6) is 0.426. The van der Waals surface area contributed by atoms with Crippen molar-refractivity contribution in [2.75, 3.05) is 24.6 Å². The van der Waals surface area contributed by atoms with E-state index in [1.807, 2.05) is 35.2 Å². The van der Waals surface area contributed by atoms with Gasteiger partial charge in [0, 0.05) is 19.1 Å². The van der Waals surface area contributed by atoms with E-state index < -0.39 is 15.9 Å². The number of rotatable bonds is 6. The molecule has 1 aliphatic rings. The first-order chi connectivity index (χ1) is 9.52. The average molecular weight is 295 g/mol. The van der Waals surface area contributed by atoms with Crippen LogP contribution in [0.4, 0.5) is 0 Å². The SMILES string of the molecule is C=CCN(CC(O)c1ccccc1)C1CCS(=O)(=O)C1. The Morgan fingerprint density at radius 2 is 2.10 bits per heavy atom. The summed E-state index contributed by atoms with van der Waals surface area (Å²) in [6.45, 7) is 4.73. The van der Waals surface area contributed by atoms with Crippen molar-refractivity contribution in [3.8, 4) is 0 Å². The van der Waals surface area contributed by atoms with Gasteiger partial charge in [-0.15, -0.1) is 6.58 Å². The van der Waals surface area contributed by atoms with Crippen molar-refractivity contribution < 1.29 is 13.5 Å². The number of nitrogens with zero attached hydrogens (tertiary/aromatic N) is 1. The molecule has 1 aromatic carbocycles. The first-order valence-electron chi connectivity index (χ1n) is 6.80. The second kappa shape index (κ2) is 6.52. The largest absolute Gasteiger partial charge is 0.387 e. The summed E-state index contributed by atoms with van der Waals surface area (Å²) >= 11 is 0. The van der Waals surface area contributed by atoms with E-state index in [1.54, 1.807) is 6.08 Å². The molecule has 1 aliphatic heterocycles. The molecule has 1 saturated heterocycles. The lowest BCUT2D eigenvalue weighted by Crippen LogP contribution is -2.39. The monoisotopic (exact) mass is 295 g/mol. The molecule has 2 unspecified atom stereocenters. The van der Waals surface area contributed by atoms with Crippen LogP contribution in [0.1, 0.15) is 18.1 Å². The molecule has 1 fully saturated rings. The van der Waals surface area contributed by atoms with Crippen molar-refractivity contribution in [3.05, 3.63) is 48.6 Å². The molecule has 2 atom stereocenters. The Labute approximate surface area is 120 Å². The van der Waals surface area contributed by atoms with E-state index in [9.17, 15) is 13.5 Å². The van der Waals surface area contributed by atoms with Crippen LogP contribution in [0.3, 0.4) is 0 Å². The van der Waals surface area contributed by atoms with Gasteiger partial charge < -0.3 is 5.11 Å². The topological polar surface area (TPSA) is 57.6 Å². The third-order valence-corrected chi connectivity index (χ3v) is 5.43. The molecule has 4 nitrogen and oxygen atoms in total. The molecule has 0 amide bonds. The van der Waals surface area contributed by atoms with Crippen molar-refractivity contribution in [2.24, 2.45) is 0 Å². The maximum atomic E-state index is 11.6. The molecule has 1 aromatic rings.